The first-order chi connectivity index (χ1) is 9.42. The molecule has 0 saturated heterocycles. The van der Waals surface area contributed by atoms with Crippen molar-refractivity contribution in [1.29, 1.82) is 0 Å². The highest BCUT2D eigenvalue weighted by Gasteiger charge is 2.05. The third-order valence-corrected chi connectivity index (χ3v) is 4.70. The number of rotatable bonds is 5. The Balaban J connectivity index is 1.52. The van der Waals surface area contributed by atoms with Gasteiger partial charge in [-0.2, -0.15) is 0 Å². The normalized spacial score (nSPS) is 10.9. The van der Waals surface area contributed by atoms with E-state index in [4.69, 9.17) is 4.42 Å². The van der Waals surface area contributed by atoms with Crippen LogP contribution in [0.15, 0.2) is 69.1 Å². The van der Waals surface area contributed by atoms with E-state index in [0.717, 1.165) is 27.8 Å². The third-order valence-electron chi connectivity index (χ3n) is 2.60. The lowest BCUT2D eigenvalue weighted by molar-refractivity contribution is 0.489. The van der Waals surface area contributed by atoms with Gasteiger partial charge in [0.15, 0.2) is 5.58 Å². The molecule has 19 heavy (non-hydrogen) atoms. The summed E-state index contributed by atoms with van der Waals surface area (Å²) in [5.74, 6) is 2.04. The van der Waals surface area contributed by atoms with Crippen LogP contribution in [0.4, 0.5) is 0 Å². The fourth-order valence-corrected chi connectivity index (χ4v) is 3.46. The van der Waals surface area contributed by atoms with Crippen LogP contribution in [0.2, 0.25) is 0 Å². The second-order valence-corrected chi connectivity index (χ2v) is 6.17. The highest BCUT2D eigenvalue weighted by Crippen LogP contribution is 2.25. The number of para-hydroxylation sites is 2. The molecule has 4 heteroatoms. The van der Waals surface area contributed by atoms with Crippen LogP contribution in [0.3, 0.4) is 0 Å². The molecule has 2 nitrogen and oxygen atoms in total. The molecule has 0 aliphatic rings. The third kappa shape index (κ3) is 3.33. The summed E-state index contributed by atoms with van der Waals surface area (Å²) in [7, 11) is 0. The summed E-state index contributed by atoms with van der Waals surface area (Å²) in [6.45, 7) is 0. The maximum absolute atomic E-state index is 5.66. The van der Waals surface area contributed by atoms with Gasteiger partial charge in [-0.05, 0) is 24.3 Å². The van der Waals surface area contributed by atoms with Crippen LogP contribution in [0.1, 0.15) is 0 Å². The summed E-state index contributed by atoms with van der Waals surface area (Å²) < 4.78 is 5.66. The molecule has 1 aromatic heterocycles. The molecule has 96 valence electrons. The second-order valence-electron chi connectivity index (χ2n) is 3.96. The highest BCUT2D eigenvalue weighted by molar-refractivity contribution is 8.02. The maximum Gasteiger partial charge on any atom is 0.256 e. The van der Waals surface area contributed by atoms with Crippen molar-refractivity contribution < 1.29 is 4.42 Å². The van der Waals surface area contributed by atoms with Crippen molar-refractivity contribution in [2.75, 3.05) is 11.5 Å². The van der Waals surface area contributed by atoms with Gasteiger partial charge in [-0.25, -0.2) is 4.98 Å². The Morgan fingerprint density at radius 1 is 0.842 bits per heavy atom. The van der Waals surface area contributed by atoms with Gasteiger partial charge >= 0.3 is 0 Å². The molecule has 2 aromatic carbocycles. The van der Waals surface area contributed by atoms with Crippen LogP contribution >= 0.6 is 23.5 Å². The molecule has 0 unspecified atom stereocenters. The van der Waals surface area contributed by atoms with Crippen LogP contribution in [0.25, 0.3) is 11.1 Å². The van der Waals surface area contributed by atoms with Gasteiger partial charge in [0.1, 0.15) is 5.52 Å². The fraction of sp³-hybridized carbons (Fsp3) is 0.133. The summed E-state index contributed by atoms with van der Waals surface area (Å²) in [5.41, 5.74) is 1.79. The van der Waals surface area contributed by atoms with Crippen LogP contribution in [-0.2, 0) is 0 Å². The van der Waals surface area contributed by atoms with Gasteiger partial charge in [-0.3, -0.25) is 0 Å². The zero-order valence-electron chi connectivity index (χ0n) is 10.3. The standard InChI is InChI=1S/C15H13NOS2/c1-2-6-12(7-3-1)18-10-11-19-15-16-13-8-4-5-9-14(13)17-15/h1-9H,10-11H2. The van der Waals surface area contributed by atoms with Crippen LogP contribution in [0.5, 0.6) is 0 Å². The number of nitrogens with zero attached hydrogens (tertiary/aromatic N) is 1. The minimum atomic E-state index is 0.759. The summed E-state index contributed by atoms with van der Waals surface area (Å²) in [5, 5.41) is 0.759. The first-order valence-corrected chi connectivity index (χ1v) is 8.05. The predicted octanol–water partition coefficient (Wildman–Crippen LogP) is 4.71. The fourth-order valence-electron chi connectivity index (χ4n) is 1.72. The van der Waals surface area contributed by atoms with Crippen molar-refractivity contribution in [2.45, 2.75) is 10.1 Å². The lowest BCUT2D eigenvalue weighted by Crippen LogP contribution is -1.83. The predicted molar refractivity (Wildman–Crippen MR) is 81.9 cm³/mol. The monoisotopic (exact) mass is 287 g/mol. The first-order valence-electron chi connectivity index (χ1n) is 6.08. The van der Waals surface area contributed by atoms with E-state index in [1.165, 1.54) is 4.90 Å². The lowest BCUT2D eigenvalue weighted by Gasteiger charge is -1.99. The van der Waals surface area contributed by atoms with Gasteiger partial charge < -0.3 is 4.42 Å². The minimum absolute atomic E-state index is 0.759. The SMILES string of the molecule is c1ccc(SCCSc2nc3ccccc3o2)cc1. The molecule has 0 aliphatic carbocycles. The van der Waals surface area contributed by atoms with Crippen molar-refractivity contribution in [2.24, 2.45) is 0 Å². The molecule has 0 amide bonds. The van der Waals surface area contributed by atoms with E-state index < -0.39 is 0 Å². The molecular weight excluding hydrogens is 274 g/mol. The van der Waals surface area contributed by atoms with Crippen LogP contribution in [-0.4, -0.2) is 16.5 Å². The average Bonchev–Trinajstić information content (AvgIpc) is 2.87. The van der Waals surface area contributed by atoms with E-state index in [-0.39, 0.29) is 0 Å². The molecule has 3 rings (SSSR count). The highest BCUT2D eigenvalue weighted by atomic mass is 32.2. The van der Waals surface area contributed by atoms with Crippen LogP contribution in [0, 0.1) is 0 Å². The summed E-state index contributed by atoms with van der Waals surface area (Å²) in [6, 6.07) is 18.3. The zero-order chi connectivity index (χ0) is 12.9. The molecule has 0 saturated carbocycles. The van der Waals surface area contributed by atoms with Crippen molar-refractivity contribution in [3.8, 4) is 0 Å². The molecule has 0 N–H and O–H groups in total. The van der Waals surface area contributed by atoms with Crippen LogP contribution < -0.4 is 0 Å². The van der Waals surface area contributed by atoms with Gasteiger partial charge in [-0.15, -0.1) is 11.8 Å². The summed E-state index contributed by atoms with van der Waals surface area (Å²) >= 11 is 3.52. The number of hydrogen-bond acceptors (Lipinski definition) is 4. The van der Waals surface area contributed by atoms with Gasteiger partial charge in [-0.1, -0.05) is 42.1 Å². The summed E-state index contributed by atoms with van der Waals surface area (Å²) in [4.78, 5) is 5.75. The molecule has 0 spiro atoms. The molecule has 0 atom stereocenters. The molecular formula is C15H13NOS2. The number of oxazole rings is 1. The zero-order valence-corrected chi connectivity index (χ0v) is 11.9. The van der Waals surface area contributed by atoms with Crippen molar-refractivity contribution in [1.82, 2.24) is 4.98 Å². The van der Waals surface area contributed by atoms with Crippen molar-refractivity contribution in [3.63, 3.8) is 0 Å². The number of benzene rings is 2. The quantitative estimate of drug-likeness (QED) is 0.501. The number of fused-ring (bicyclic) bond motifs is 1. The van der Waals surface area contributed by atoms with E-state index >= 15 is 0 Å². The van der Waals surface area contributed by atoms with Gasteiger partial charge in [0, 0.05) is 16.4 Å². The Morgan fingerprint density at radius 3 is 2.42 bits per heavy atom. The minimum Gasteiger partial charge on any atom is -0.431 e. The number of aromatic nitrogens is 1. The van der Waals surface area contributed by atoms with Gasteiger partial charge in [0.05, 0.1) is 0 Å². The second kappa shape index (κ2) is 6.17. The molecule has 0 fully saturated rings. The number of hydrogen-bond donors (Lipinski definition) is 0. The van der Waals surface area contributed by atoms with Crippen molar-refractivity contribution >= 4 is 34.6 Å². The Morgan fingerprint density at radius 2 is 1.58 bits per heavy atom. The van der Waals surface area contributed by atoms with E-state index in [1.54, 1.807) is 11.8 Å². The Hall–Kier alpha value is -1.39. The Kier molecular flexibility index (Phi) is 4.10. The molecule has 3 aromatic rings. The van der Waals surface area contributed by atoms with E-state index in [0.29, 0.717) is 0 Å². The maximum atomic E-state index is 5.66. The van der Waals surface area contributed by atoms with Gasteiger partial charge in [0.25, 0.3) is 5.22 Å². The first kappa shape index (κ1) is 12.6. The lowest BCUT2D eigenvalue weighted by atomic mass is 10.3. The van der Waals surface area contributed by atoms with E-state index in [9.17, 15) is 0 Å². The Labute approximate surface area is 120 Å². The number of thioether (sulfide) groups is 2. The molecule has 1 heterocycles. The molecule has 0 bridgehead atoms. The average molecular weight is 287 g/mol. The van der Waals surface area contributed by atoms with E-state index in [1.807, 2.05) is 42.1 Å². The summed E-state index contributed by atoms with van der Waals surface area (Å²) in [6.07, 6.45) is 0. The largest absolute Gasteiger partial charge is 0.431 e. The molecule has 0 aliphatic heterocycles. The van der Waals surface area contributed by atoms with Gasteiger partial charge in [0.2, 0.25) is 0 Å². The van der Waals surface area contributed by atoms with E-state index in [2.05, 4.69) is 29.2 Å². The topological polar surface area (TPSA) is 26.0 Å². The van der Waals surface area contributed by atoms with Crippen molar-refractivity contribution in [3.05, 3.63) is 54.6 Å². The Bertz CT molecular complexity index is 618. The molecule has 0 radical (unpaired) electrons. The smallest absolute Gasteiger partial charge is 0.256 e.